The van der Waals surface area contributed by atoms with Crippen molar-refractivity contribution in [2.24, 2.45) is 0 Å². The molecule has 1 amide bonds. The van der Waals surface area contributed by atoms with Crippen molar-refractivity contribution in [2.45, 2.75) is 25.9 Å². The fourth-order valence-corrected chi connectivity index (χ4v) is 4.93. The van der Waals surface area contributed by atoms with Gasteiger partial charge in [-0.05, 0) is 55.3 Å². The topological polar surface area (TPSA) is 63.7 Å². The monoisotopic (exact) mass is 391 g/mol. The summed E-state index contributed by atoms with van der Waals surface area (Å²) < 4.78 is 42.4. The fraction of sp³-hybridized carbons (Fsp3) is 0.350. The number of halogens is 1. The average Bonchev–Trinajstić information content (AvgIpc) is 3.01. The van der Waals surface area contributed by atoms with E-state index in [1.165, 1.54) is 24.3 Å². The maximum atomic E-state index is 13.2. The summed E-state index contributed by atoms with van der Waals surface area (Å²) in [7, 11) is -3.14. The van der Waals surface area contributed by atoms with Crippen LogP contribution in [-0.4, -0.2) is 43.4 Å². The zero-order valence-corrected chi connectivity index (χ0v) is 15.9. The van der Waals surface area contributed by atoms with Crippen molar-refractivity contribution in [3.8, 4) is 5.75 Å². The molecule has 3 rings (SSSR count). The Morgan fingerprint density at radius 3 is 2.37 bits per heavy atom. The van der Waals surface area contributed by atoms with Gasteiger partial charge in [-0.1, -0.05) is 12.1 Å². The molecule has 7 heteroatoms. The van der Waals surface area contributed by atoms with Crippen LogP contribution in [0.2, 0.25) is 0 Å². The van der Waals surface area contributed by atoms with Gasteiger partial charge in [0.1, 0.15) is 11.6 Å². The van der Waals surface area contributed by atoms with Crippen LogP contribution in [0.1, 0.15) is 29.3 Å². The molecule has 0 aliphatic carbocycles. The molecule has 0 saturated carbocycles. The van der Waals surface area contributed by atoms with Crippen LogP contribution in [0.5, 0.6) is 5.75 Å². The maximum absolute atomic E-state index is 13.2. The van der Waals surface area contributed by atoms with E-state index < -0.39 is 15.7 Å². The summed E-state index contributed by atoms with van der Waals surface area (Å²) in [4.78, 5) is 14.6. The molecule has 0 N–H and O–H groups in total. The minimum absolute atomic E-state index is 0.0447. The third-order valence-corrected chi connectivity index (χ3v) is 6.34. The highest BCUT2D eigenvalue weighted by Gasteiger charge is 2.35. The zero-order valence-electron chi connectivity index (χ0n) is 15.1. The second-order valence-electron chi connectivity index (χ2n) is 6.57. The van der Waals surface area contributed by atoms with Crippen LogP contribution in [0, 0.1) is 5.82 Å². The van der Waals surface area contributed by atoms with Crippen molar-refractivity contribution < 1.29 is 22.3 Å². The quantitative estimate of drug-likeness (QED) is 0.759. The Morgan fingerprint density at radius 1 is 1.15 bits per heavy atom. The third kappa shape index (κ3) is 4.86. The number of amides is 1. The first-order valence-electron chi connectivity index (χ1n) is 8.86. The summed E-state index contributed by atoms with van der Waals surface area (Å²) >= 11 is 0. The van der Waals surface area contributed by atoms with Crippen molar-refractivity contribution >= 4 is 15.7 Å². The van der Waals surface area contributed by atoms with Crippen molar-refractivity contribution in [1.82, 2.24) is 4.90 Å². The summed E-state index contributed by atoms with van der Waals surface area (Å²) in [6, 6.07) is 12.3. The molecule has 0 aromatic heterocycles. The van der Waals surface area contributed by atoms with Gasteiger partial charge in [0.05, 0.1) is 18.1 Å². The molecule has 1 heterocycles. The molecule has 2 aromatic carbocycles. The SMILES string of the molecule is CCOc1ccc(CN(C(=O)c2ccc(F)cc2)[C@@H]2CCS(=O)(=O)C2)cc1. The van der Waals surface area contributed by atoms with E-state index in [1.54, 1.807) is 4.90 Å². The normalized spacial score (nSPS) is 18.2. The Bertz CT molecular complexity index is 895. The molecule has 0 bridgehead atoms. The van der Waals surface area contributed by atoms with E-state index in [0.717, 1.165) is 11.3 Å². The van der Waals surface area contributed by atoms with Gasteiger partial charge in [-0.25, -0.2) is 12.8 Å². The maximum Gasteiger partial charge on any atom is 0.254 e. The molecule has 1 fully saturated rings. The first-order valence-corrected chi connectivity index (χ1v) is 10.7. The third-order valence-electron chi connectivity index (χ3n) is 4.59. The Morgan fingerprint density at radius 2 is 1.81 bits per heavy atom. The number of hydrogen-bond acceptors (Lipinski definition) is 4. The lowest BCUT2D eigenvalue weighted by molar-refractivity contribution is 0.0681. The van der Waals surface area contributed by atoms with Crippen LogP contribution in [0.3, 0.4) is 0 Å². The number of carbonyl (C=O) groups excluding carboxylic acids is 1. The van der Waals surface area contributed by atoms with Gasteiger partial charge in [0.25, 0.3) is 5.91 Å². The largest absolute Gasteiger partial charge is 0.494 e. The Kier molecular flexibility index (Phi) is 5.79. The van der Waals surface area contributed by atoms with E-state index in [4.69, 9.17) is 4.74 Å². The average molecular weight is 391 g/mol. The number of sulfone groups is 1. The lowest BCUT2D eigenvalue weighted by Crippen LogP contribution is -2.40. The van der Waals surface area contributed by atoms with E-state index in [-0.39, 0.29) is 30.0 Å². The van der Waals surface area contributed by atoms with Gasteiger partial charge >= 0.3 is 0 Å². The number of ether oxygens (including phenoxy) is 1. The Labute approximate surface area is 158 Å². The minimum Gasteiger partial charge on any atom is -0.494 e. The zero-order chi connectivity index (χ0) is 19.4. The summed E-state index contributed by atoms with van der Waals surface area (Å²) in [6.07, 6.45) is 0.409. The highest BCUT2D eigenvalue weighted by molar-refractivity contribution is 7.91. The number of benzene rings is 2. The van der Waals surface area contributed by atoms with Gasteiger partial charge in [-0.15, -0.1) is 0 Å². The molecule has 1 atom stereocenters. The smallest absolute Gasteiger partial charge is 0.254 e. The standard InChI is InChI=1S/C20H22FNO4S/c1-2-26-19-9-3-15(4-10-19)13-22(18-11-12-27(24,25)14-18)20(23)16-5-7-17(21)8-6-16/h3-10,18H,2,11-14H2,1H3/t18-/m1/s1. The van der Waals surface area contributed by atoms with Crippen LogP contribution in [0.25, 0.3) is 0 Å². The van der Waals surface area contributed by atoms with Crippen molar-refractivity contribution in [1.29, 1.82) is 0 Å². The predicted octanol–water partition coefficient (Wildman–Crippen LogP) is 3.05. The molecule has 2 aromatic rings. The van der Waals surface area contributed by atoms with Crippen LogP contribution in [0.4, 0.5) is 4.39 Å². The molecule has 0 radical (unpaired) electrons. The summed E-state index contributed by atoms with van der Waals surface area (Å²) in [5.41, 5.74) is 1.21. The first-order chi connectivity index (χ1) is 12.9. The highest BCUT2D eigenvalue weighted by Crippen LogP contribution is 2.23. The number of carbonyl (C=O) groups is 1. The van der Waals surface area contributed by atoms with E-state index >= 15 is 0 Å². The van der Waals surface area contributed by atoms with Gasteiger partial charge in [-0.2, -0.15) is 0 Å². The van der Waals surface area contributed by atoms with Crippen molar-refractivity contribution in [2.75, 3.05) is 18.1 Å². The lowest BCUT2D eigenvalue weighted by Gasteiger charge is -2.28. The molecular formula is C20H22FNO4S. The molecule has 27 heavy (non-hydrogen) atoms. The number of nitrogens with zero attached hydrogens (tertiary/aromatic N) is 1. The van der Waals surface area contributed by atoms with Gasteiger partial charge < -0.3 is 9.64 Å². The predicted molar refractivity (Wildman–Crippen MR) is 101 cm³/mol. The van der Waals surface area contributed by atoms with E-state index in [0.29, 0.717) is 18.6 Å². The summed E-state index contributed by atoms with van der Waals surface area (Å²) in [6.45, 7) is 2.74. The second-order valence-corrected chi connectivity index (χ2v) is 8.80. The highest BCUT2D eigenvalue weighted by atomic mass is 32.2. The van der Waals surface area contributed by atoms with Gasteiger partial charge in [-0.3, -0.25) is 4.79 Å². The van der Waals surface area contributed by atoms with E-state index in [9.17, 15) is 17.6 Å². The van der Waals surface area contributed by atoms with E-state index in [2.05, 4.69) is 0 Å². The number of rotatable bonds is 6. The van der Waals surface area contributed by atoms with Gasteiger partial charge in [0.2, 0.25) is 0 Å². The van der Waals surface area contributed by atoms with Crippen molar-refractivity contribution in [3.63, 3.8) is 0 Å². The molecule has 0 unspecified atom stereocenters. The second kappa shape index (κ2) is 8.08. The molecule has 1 saturated heterocycles. The molecular weight excluding hydrogens is 369 g/mol. The lowest BCUT2D eigenvalue weighted by atomic mass is 10.1. The summed E-state index contributed by atoms with van der Waals surface area (Å²) in [5, 5.41) is 0. The number of hydrogen-bond donors (Lipinski definition) is 0. The molecule has 0 spiro atoms. The van der Waals surface area contributed by atoms with Gasteiger partial charge in [0.15, 0.2) is 9.84 Å². The minimum atomic E-state index is -3.14. The molecule has 144 valence electrons. The fourth-order valence-electron chi connectivity index (χ4n) is 3.20. The van der Waals surface area contributed by atoms with Gasteiger partial charge in [0, 0.05) is 18.2 Å². The van der Waals surface area contributed by atoms with Crippen LogP contribution >= 0.6 is 0 Å². The summed E-state index contributed by atoms with van der Waals surface area (Å²) in [5.74, 6) is 0.0469. The van der Waals surface area contributed by atoms with Crippen molar-refractivity contribution in [3.05, 3.63) is 65.5 Å². The van der Waals surface area contributed by atoms with E-state index in [1.807, 2.05) is 31.2 Å². The Balaban J connectivity index is 1.85. The molecule has 1 aliphatic rings. The first kappa shape index (κ1) is 19.4. The van der Waals surface area contributed by atoms with Crippen LogP contribution in [-0.2, 0) is 16.4 Å². The molecule has 5 nitrogen and oxygen atoms in total. The van der Waals surface area contributed by atoms with Crippen LogP contribution in [0.15, 0.2) is 48.5 Å². The Hall–Kier alpha value is -2.41. The van der Waals surface area contributed by atoms with Crippen LogP contribution < -0.4 is 4.74 Å². The molecule has 1 aliphatic heterocycles.